The second kappa shape index (κ2) is 3.79. The Morgan fingerprint density at radius 1 is 1.25 bits per heavy atom. The first-order valence-electron chi connectivity index (χ1n) is 5.65. The number of hydrogen-bond donors (Lipinski definition) is 0. The minimum absolute atomic E-state index is 0.955. The highest BCUT2D eigenvalue weighted by molar-refractivity contribution is 5.79. The lowest BCUT2D eigenvalue weighted by molar-refractivity contribution is 1.13. The Kier molecular flexibility index (Phi) is 2.59. The van der Waals surface area contributed by atoms with E-state index >= 15 is 0 Å². The van der Waals surface area contributed by atoms with Crippen LogP contribution in [-0.4, -0.2) is 0 Å². The number of allylic oxidation sites excluding steroid dienone is 4. The number of fused-ring (bicyclic) bond motifs is 1. The van der Waals surface area contributed by atoms with Crippen LogP contribution in [0.4, 0.5) is 0 Å². The minimum atomic E-state index is 0.955. The molecule has 0 fully saturated rings. The molecule has 1 aromatic rings. The van der Waals surface area contributed by atoms with Crippen LogP contribution >= 0.6 is 0 Å². The van der Waals surface area contributed by atoms with E-state index in [1.54, 1.807) is 0 Å². The zero-order valence-electron chi connectivity index (χ0n) is 10.4. The summed E-state index contributed by atoms with van der Waals surface area (Å²) in [5.41, 5.74) is 9.05. The number of benzene rings is 1. The van der Waals surface area contributed by atoms with Crippen molar-refractivity contribution >= 4 is 11.1 Å². The molecule has 0 heterocycles. The monoisotopic (exact) mass is 210 g/mol. The van der Waals surface area contributed by atoms with Crippen LogP contribution in [0.15, 0.2) is 36.9 Å². The van der Waals surface area contributed by atoms with Crippen molar-refractivity contribution in [3.05, 3.63) is 59.2 Å². The van der Waals surface area contributed by atoms with Gasteiger partial charge in [0.1, 0.15) is 0 Å². The fourth-order valence-corrected chi connectivity index (χ4v) is 2.57. The van der Waals surface area contributed by atoms with E-state index in [0.717, 1.165) is 12.0 Å². The zero-order valence-corrected chi connectivity index (χ0v) is 10.4. The third-order valence-corrected chi connectivity index (χ3v) is 3.20. The molecule has 1 aromatic carbocycles. The van der Waals surface area contributed by atoms with E-state index in [2.05, 4.69) is 52.1 Å². The van der Waals surface area contributed by atoms with Crippen LogP contribution in [0.2, 0.25) is 0 Å². The molecule has 16 heavy (non-hydrogen) atoms. The van der Waals surface area contributed by atoms with Gasteiger partial charge in [-0.2, -0.15) is 0 Å². The predicted molar refractivity (Wildman–Crippen MR) is 72.4 cm³/mol. The summed E-state index contributed by atoms with van der Waals surface area (Å²) in [5.74, 6) is 0. The van der Waals surface area contributed by atoms with Gasteiger partial charge in [-0.3, -0.25) is 0 Å². The molecule has 0 atom stereocenters. The normalized spacial score (nSPS) is 14.4. The molecular formula is C16H18. The molecule has 0 saturated carbocycles. The lowest BCUT2D eigenvalue weighted by Crippen LogP contribution is -2.05. The molecule has 0 unspecified atom stereocenters. The summed E-state index contributed by atoms with van der Waals surface area (Å²) in [5, 5.41) is 0. The van der Waals surface area contributed by atoms with Gasteiger partial charge in [0, 0.05) is 0 Å². The number of hydrogen-bond acceptors (Lipinski definition) is 0. The van der Waals surface area contributed by atoms with Crippen LogP contribution in [0, 0.1) is 6.92 Å². The van der Waals surface area contributed by atoms with Crippen molar-refractivity contribution in [1.82, 2.24) is 0 Å². The molecule has 0 bridgehead atoms. The smallest absolute Gasteiger partial charge is 0.00194 e. The molecule has 0 spiro atoms. The fraction of sp³-hybridized carbons (Fsp3) is 0.250. The van der Waals surface area contributed by atoms with Crippen LogP contribution in [0.5, 0.6) is 0 Å². The standard InChI is InChI=1S/C16H18/c1-10(2)16-12(4)6-7-14-13(5)8-11(3)9-15(14)16/h6-8H,1,3,9H2,2,4-5H3. The van der Waals surface area contributed by atoms with Gasteiger partial charge in [0.05, 0.1) is 0 Å². The minimum Gasteiger partial charge on any atom is -0.0955 e. The lowest BCUT2D eigenvalue weighted by atomic mass is 9.83. The Labute approximate surface area is 98.0 Å². The van der Waals surface area contributed by atoms with E-state index in [1.165, 1.54) is 33.4 Å². The number of aryl methyl sites for hydroxylation is 1. The van der Waals surface area contributed by atoms with Crippen molar-refractivity contribution in [1.29, 1.82) is 0 Å². The maximum absolute atomic E-state index is 4.10. The van der Waals surface area contributed by atoms with E-state index in [0.29, 0.717) is 0 Å². The summed E-state index contributed by atoms with van der Waals surface area (Å²) in [4.78, 5) is 0. The summed E-state index contributed by atoms with van der Waals surface area (Å²) in [6, 6.07) is 4.41. The first-order valence-corrected chi connectivity index (χ1v) is 5.65. The maximum Gasteiger partial charge on any atom is -0.00194 e. The SMILES string of the molecule is C=C1C=C(C)c2ccc(C)c(C(=C)C)c2C1. The van der Waals surface area contributed by atoms with E-state index in [1.807, 2.05) is 0 Å². The molecule has 0 aliphatic heterocycles. The highest BCUT2D eigenvalue weighted by atomic mass is 14.2. The van der Waals surface area contributed by atoms with E-state index in [-0.39, 0.29) is 0 Å². The molecule has 0 amide bonds. The molecule has 1 aliphatic carbocycles. The largest absolute Gasteiger partial charge is 0.0955 e. The lowest BCUT2D eigenvalue weighted by Gasteiger charge is -2.22. The molecule has 0 heteroatoms. The molecule has 2 rings (SSSR count). The average molecular weight is 210 g/mol. The molecule has 1 aliphatic rings. The Hall–Kier alpha value is -1.56. The van der Waals surface area contributed by atoms with Gasteiger partial charge in [0.2, 0.25) is 0 Å². The molecule has 0 nitrogen and oxygen atoms in total. The molecule has 0 aromatic heterocycles. The zero-order chi connectivity index (χ0) is 11.9. The van der Waals surface area contributed by atoms with Gasteiger partial charge in [-0.15, -0.1) is 0 Å². The average Bonchev–Trinajstić information content (AvgIpc) is 2.15. The van der Waals surface area contributed by atoms with E-state index in [9.17, 15) is 0 Å². The fourth-order valence-electron chi connectivity index (χ4n) is 2.57. The topological polar surface area (TPSA) is 0 Å². The van der Waals surface area contributed by atoms with Crippen LogP contribution in [0.3, 0.4) is 0 Å². The first-order chi connectivity index (χ1) is 7.50. The number of rotatable bonds is 1. The summed E-state index contributed by atoms with van der Waals surface area (Å²) in [7, 11) is 0. The van der Waals surface area contributed by atoms with Crippen molar-refractivity contribution in [2.75, 3.05) is 0 Å². The van der Waals surface area contributed by atoms with Crippen LogP contribution in [0.25, 0.3) is 11.1 Å². The van der Waals surface area contributed by atoms with Crippen molar-refractivity contribution in [2.45, 2.75) is 27.2 Å². The molecule has 0 N–H and O–H groups in total. The van der Waals surface area contributed by atoms with Crippen molar-refractivity contribution < 1.29 is 0 Å². The van der Waals surface area contributed by atoms with Gasteiger partial charge >= 0.3 is 0 Å². The second-order valence-corrected chi connectivity index (χ2v) is 4.73. The summed E-state index contributed by atoms with van der Waals surface area (Å²) in [6.07, 6.45) is 3.14. The van der Waals surface area contributed by atoms with Crippen molar-refractivity contribution in [2.24, 2.45) is 0 Å². The molecule has 82 valence electrons. The van der Waals surface area contributed by atoms with Gasteiger partial charge in [0.15, 0.2) is 0 Å². The summed E-state index contributed by atoms with van der Waals surface area (Å²) < 4.78 is 0. The Morgan fingerprint density at radius 2 is 1.94 bits per heavy atom. The quantitative estimate of drug-likeness (QED) is 0.638. The van der Waals surface area contributed by atoms with E-state index in [4.69, 9.17) is 0 Å². The second-order valence-electron chi connectivity index (χ2n) is 4.73. The molecule has 0 saturated heterocycles. The Bertz CT molecular complexity index is 513. The highest BCUT2D eigenvalue weighted by Gasteiger charge is 2.16. The molecular weight excluding hydrogens is 192 g/mol. The van der Waals surface area contributed by atoms with Crippen LogP contribution in [-0.2, 0) is 6.42 Å². The van der Waals surface area contributed by atoms with Gasteiger partial charge in [-0.1, -0.05) is 42.5 Å². The first kappa shape index (κ1) is 10.9. The van der Waals surface area contributed by atoms with Gasteiger partial charge in [-0.25, -0.2) is 0 Å². The predicted octanol–water partition coefficient (Wildman–Crippen LogP) is 4.54. The summed E-state index contributed by atoms with van der Waals surface area (Å²) >= 11 is 0. The highest BCUT2D eigenvalue weighted by Crippen LogP contribution is 2.34. The van der Waals surface area contributed by atoms with E-state index < -0.39 is 0 Å². The third kappa shape index (κ3) is 1.65. The van der Waals surface area contributed by atoms with Crippen molar-refractivity contribution in [3.63, 3.8) is 0 Å². The van der Waals surface area contributed by atoms with Gasteiger partial charge < -0.3 is 0 Å². The van der Waals surface area contributed by atoms with Gasteiger partial charge in [-0.05, 0) is 55.0 Å². The third-order valence-electron chi connectivity index (χ3n) is 3.20. The Balaban J connectivity index is 2.75. The van der Waals surface area contributed by atoms with Gasteiger partial charge in [0.25, 0.3) is 0 Å². The molecule has 0 radical (unpaired) electrons. The van der Waals surface area contributed by atoms with Crippen LogP contribution < -0.4 is 0 Å². The Morgan fingerprint density at radius 3 is 2.56 bits per heavy atom. The van der Waals surface area contributed by atoms with Crippen molar-refractivity contribution in [3.8, 4) is 0 Å². The summed E-state index contributed by atoms with van der Waals surface area (Å²) in [6.45, 7) is 14.6. The maximum atomic E-state index is 4.10. The van der Waals surface area contributed by atoms with Crippen LogP contribution in [0.1, 0.15) is 36.1 Å².